The number of methoxy groups -OCH3 is 2. The van der Waals surface area contributed by atoms with Gasteiger partial charge in [-0.2, -0.15) is 0 Å². The van der Waals surface area contributed by atoms with E-state index in [9.17, 15) is 9.59 Å². The number of amides is 1. The molecule has 0 aromatic heterocycles. The minimum atomic E-state index is -0.414. The van der Waals surface area contributed by atoms with Crippen molar-refractivity contribution in [3.8, 4) is 5.75 Å². The first-order valence-corrected chi connectivity index (χ1v) is 6.16. The second-order valence-corrected chi connectivity index (χ2v) is 4.23. The summed E-state index contributed by atoms with van der Waals surface area (Å²) >= 11 is 0. The van der Waals surface area contributed by atoms with Crippen LogP contribution in [0, 0.1) is 0 Å². The van der Waals surface area contributed by atoms with Gasteiger partial charge in [0.05, 0.1) is 19.3 Å². The Labute approximate surface area is 118 Å². The molecule has 0 aliphatic carbocycles. The van der Waals surface area contributed by atoms with Crippen molar-refractivity contribution in [2.75, 3.05) is 27.4 Å². The predicted molar refractivity (Wildman–Crippen MR) is 72.8 cm³/mol. The SMILES string of the molecule is COC[C@@H](C)NC(=O)COc1ccc(C(=O)OC)cc1. The van der Waals surface area contributed by atoms with E-state index in [1.165, 1.54) is 7.11 Å². The number of hydrogen-bond acceptors (Lipinski definition) is 5. The van der Waals surface area contributed by atoms with Crippen molar-refractivity contribution in [2.24, 2.45) is 0 Å². The van der Waals surface area contributed by atoms with Crippen molar-refractivity contribution < 1.29 is 23.8 Å². The third-order valence-corrected chi connectivity index (χ3v) is 2.47. The summed E-state index contributed by atoms with van der Waals surface area (Å²) in [4.78, 5) is 22.8. The van der Waals surface area contributed by atoms with Crippen LogP contribution in [0.25, 0.3) is 0 Å². The quantitative estimate of drug-likeness (QED) is 0.755. The van der Waals surface area contributed by atoms with Crippen LogP contribution < -0.4 is 10.1 Å². The molecule has 0 heterocycles. The minimum absolute atomic E-state index is 0.0715. The van der Waals surface area contributed by atoms with E-state index in [-0.39, 0.29) is 18.6 Å². The number of hydrogen-bond donors (Lipinski definition) is 1. The van der Waals surface area contributed by atoms with Crippen molar-refractivity contribution in [3.05, 3.63) is 29.8 Å². The fourth-order valence-electron chi connectivity index (χ4n) is 1.56. The zero-order valence-electron chi connectivity index (χ0n) is 11.8. The lowest BCUT2D eigenvalue weighted by Gasteiger charge is -2.13. The topological polar surface area (TPSA) is 73.9 Å². The van der Waals surface area contributed by atoms with Gasteiger partial charge < -0.3 is 19.5 Å². The molecule has 6 nitrogen and oxygen atoms in total. The maximum Gasteiger partial charge on any atom is 0.337 e. The molecule has 1 aromatic rings. The summed E-state index contributed by atoms with van der Waals surface area (Å²) < 4.78 is 14.8. The highest BCUT2D eigenvalue weighted by atomic mass is 16.5. The molecular formula is C14H19NO5. The predicted octanol–water partition coefficient (Wildman–Crippen LogP) is 1.00. The fourth-order valence-corrected chi connectivity index (χ4v) is 1.56. The second kappa shape index (κ2) is 8.16. The number of nitrogens with one attached hydrogen (secondary N) is 1. The first-order valence-electron chi connectivity index (χ1n) is 6.16. The maximum atomic E-state index is 11.6. The Hall–Kier alpha value is -2.08. The van der Waals surface area contributed by atoms with Gasteiger partial charge in [0.15, 0.2) is 6.61 Å². The van der Waals surface area contributed by atoms with Gasteiger partial charge in [0.2, 0.25) is 0 Å². The number of rotatable bonds is 7. The van der Waals surface area contributed by atoms with Crippen molar-refractivity contribution in [1.29, 1.82) is 0 Å². The number of carbonyl (C=O) groups excluding carboxylic acids is 2. The molecule has 1 amide bonds. The molecule has 0 radical (unpaired) electrons. The van der Waals surface area contributed by atoms with E-state index in [2.05, 4.69) is 10.1 Å². The van der Waals surface area contributed by atoms with Gasteiger partial charge in [0.25, 0.3) is 5.91 Å². The molecule has 0 saturated heterocycles. The van der Waals surface area contributed by atoms with E-state index in [0.29, 0.717) is 17.9 Å². The first kappa shape index (κ1) is 16.0. The summed E-state index contributed by atoms with van der Waals surface area (Å²) in [6, 6.07) is 6.30. The molecule has 0 bridgehead atoms. The Bertz CT molecular complexity index is 443. The average Bonchev–Trinajstić information content (AvgIpc) is 2.45. The Morgan fingerprint density at radius 3 is 2.40 bits per heavy atom. The van der Waals surface area contributed by atoms with Gasteiger partial charge in [-0.05, 0) is 31.2 Å². The third kappa shape index (κ3) is 5.27. The van der Waals surface area contributed by atoms with E-state index in [4.69, 9.17) is 9.47 Å². The number of ether oxygens (including phenoxy) is 3. The normalized spacial score (nSPS) is 11.6. The molecule has 1 atom stereocenters. The zero-order valence-corrected chi connectivity index (χ0v) is 11.8. The number of carbonyl (C=O) groups is 2. The molecule has 0 aliphatic heterocycles. The molecule has 0 spiro atoms. The Morgan fingerprint density at radius 1 is 1.20 bits per heavy atom. The van der Waals surface area contributed by atoms with Gasteiger partial charge in [0.1, 0.15) is 5.75 Å². The highest BCUT2D eigenvalue weighted by Crippen LogP contribution is 2.12. The van der Waals surface area contributed by atoms with Crippen molar-refractivity contribution in [2.45, 2.75) is 13.0 Å². The van der Waals surface area contributed by atoms with Crippen LogP contribution in [-0.4, -0.2) is 45.4 Å². The van der Waals surface area contributed by atoms with Crippen LogP contribution in [0.15, 0.2) is 24.3 Å². The van der Waals surface area contributed by atoms with Crippen LogP contribution in [0.1, 0.15) is 17.3 Å². The molecule has 110 valence electrons. The van der Waals surface area contributed by atoms with Crippen LogP contribution in [0.3, 0.4) is 0 Å². The fraction of sp³-hybridized carbons (Fsp3) is 0.429. The van der Waals surface area contributed by atoms with Crippen molar-refractivity contribution in [1.82, 2.24) is 5.32 Å². The van der Waals surface area contributed by atoms with E-state index in [1.54, 1.807) is 31.4 Å². The lowest BCUT2D eigenvalue weighted by molar-refractivity contribution is -0.124. The lowest BCUT2D eigenvalue weighted by atomic mass is 10.2. The molecule has 1 rings (SSSR count). The van der Waals surface area contributed by atoms with Crippen LogP contribution in [-0.2, 0) is 14.3 Å². The maximum absolute atomic E-state index is 11.6. The van der Waals surface area contributed by atoms with Crippen molar-refractivity contribution >= 4 is 11.9 Å². The zero-order chi connectivity index (χ0) is 15.0. The molecule has 6 heteroatoms. The first-order chi connectivity index (χ1) is 9.56. The summed E-state index contributed by atoms with van der Waals surface area (Å²) in [5, 5.41) is 2.73. The molecule has 20 heavy (non-hydrogen) atoms. The Kier molecular flexibility index (Phi) is 6.52. The summed E-state index contributed by atoms with van der Waals surface area (Å²) in [6.07, 6.45) is 0. The highest BCUT2D eigenvalue weighted by molar-refractivity contribution is 5.89. The molecule has 1 aromatic carbocycles. The minimum Gasteiger partial charge on any atom is -0.484 e. The molecule has 0 saturated carbocycles. The van der Waals surface area contributed by atoms with E-state index < -0.39 is 5.97 Å². The van der Waals surface area contributed by atoms with Gasteiger partial charge in [-0.15, -0.1) is 0 Å². The largest absolute Gasteiger partial charge is 0.484 e. The van der Waals surface area contributed by atoms with Gasteiger partial charge in [0, 0.05) is 13.2 Å². The summed E-state index contributed by atoms with van der Waals surface area (Å²) in [5.41, 5.74) is 0.429. The summed E-state index contributed by atoms with van der Waals surface area (Å²) in [6.45, 7) is 2.19. The van der Waals surface area contributed by atoms with Crippen LogP contribution in [0.4, 0.5) is 0 Å². The monoisotopic (exact) mass is 281 g/mol. The molecular weight excluding hydrogens is 262 g/mol. The van der Waals surface area contributed by atoms with E-state index in [0.717, 1.165) is 0 Å². The molecule has 1 N–H and O–H groups in total. The summed E-state index contributed by atoms with van der Waals surface area (Å²) in [5.74, 6) is -0.138. The van der Waals surface area contributed by atoms with Crippen LogP contribution >= 0.6 is 0 Å². The lowest BCUT2D eigenvalue weighted by Crippen LogP contribution is -2.38. The number of esters is 1. The van der Waals surface area contributed by atoms with E-state index in [1.807, 2.05) is 6.92 Å². The second-order valence-electron chi connectivity index (χ2n) is 4.23. The van der Waals surface area contributed by atoms with Gasteiger partial charge in [-0.3, -0.25) is 4.79 Å². The van der Waals surface area contributed by atoms with Gasteiger partial charge >= 0.3 is 5.97 Å². The smallest absolute Gasteiger partial charge is 0.337 e. The third-order valence-electron chi connectivity index (χ3n) is 2.47. The molecule has 0 fully saturated rings. The van der Waals surface area contributed by atoms with E-state index >= 15 is 0 Å². The van der Waals surface area contributed by atoms with Gasteiger partial charge in [-0.1, -0.05) is 0 Å². The number of benzene rings is 1. The summed E-state index contributed by atoms with van der Waals surface area (Å²) in [7, 11) is 2.89. The Morgan fingerprint density at radius 2 is 1.85 bits per heavy atom. The van der Waals surface area contributed by atoms with Crippen LogP contribution in [0.2, 0.25) is 0 Å². The Balaban J connectivity index is 2.42. The molecule has 0 aliphatic rings. The van der Waals surface area contributed by atoms with Gasteiger partial charge in [-0.25, -0.2) is 4.79 Å². The molecule has 0 unspecified atom stereocenters. The van der Waals surface area contributed by atoms with Crippen LogP contribution in [0.5, 0.6) is 5.75 Å². The average molecular weight is 281 g/mol. The highest BCUT2D eigenvalue weighted by Gasteiger charge is 2.08. The standard InChI is InChI=1S/C14H19NO5/c1-10(8-18-2)15-13(16)9-20-12-6-4-11(5-7-12)14(17)19-3/h4-7,10H,8-9H2,1-3H3,(H,15,16)/t10-/m1/s1. The van der Waals surface area contributed by atoms with Crippen molar-refractivity contribution in [3.63, 3.8) is 0 Å².